The Bertz CT molecular complexity index is 1270. The maximum absolute atomic E-state index is 13.2. The summed E-state index contributed by atoms with van der Waals surface area (Å²) in [5, 5.41) is 14.3. The van der Waals surface area contributed by atoms with Gasteiger partial charge in [0.05, 0.1) is 5.52 Å². The molecule has 5 nitrogen and oxygen atoms in total. The first-order valence-electron chi connectivity index (χ1n) is 9.01. The van der Waals surface area contributed by atoms with Gasteiger partial charge in [0.15, 0.2) is 0 Å². The molecule has 4 aromatic rings. The summed E-state index contributed by atoms with van der Waals surface area (Å²) in [4.78, 5) is 26.1. The molecule has 0 spiro atoms. The molecular formula is C23H17ClN2O3. The summed E-state index contributed by atoms with van der Waals surface area (Å²) < 4.78 is 1.43. The fourth-order valence-electron chi connectivity index (χ4n) is 3.27. The zero-order valence-corrected chi connectivity index (χ0v) is 16.1. The maximum atomic E-state index is 13.2. The number of para-hydroxylation sites is 2. The second kappa shape index (κ2) is 7.81. The predicted molar refractivity (Wildman–Crippen MR) is 114 cm³/mol. The smallest absolute Gasteiger partial charge is 0.272 e. The molecule has 0 bridgehead atoms. The SMILES string of the molecule is O=C(NCc1ccccc1Cl)c1c(O)c2ccccc2n(-c2ccccc2)c1=O. The molecule has 1 heterocycles. The summed E-state index contributed by atoms with van der Waals surface area (Å²) >= 11 is 6.13. The number of fused-ring (bicyclic) bond motifs is 1. The average Bonchev–Trinajstić information content (AvgIpc) is 2.74. The first-order valence-corrected chi connectivity index (χ1v) is 9.39. The minimum atomic E-state index is -0.664. The Kier molecular flexibility index (Phi) is 5.06. The molecule has 0 saturated carbocycles. The van der Waals surface area contributed by atoms with Gasteiger partial charge in [-0.1, -0.05) is 60.1 Å². The number of amides is 1. The van der Waals surface area contributed by atoms with E-state index in [0.29, 0.717) is 27.2 Å². The quantitative estimate of drug-likeness (QED) is 0.533. The minimum Gasteiger partial charge on any atom is -0.506 e. The number of halogens is 1. The molecule has 0 fully saturated rings. The third-order valence-corrected chi connectivity index (χ3v) is 5.06. The van der Waals surface area contributed by atoms with Crippen molar-refractivity contribution in [1.82, 2.24) is 9.88 Å². The van der Waals surface area contributed by atoms with E-state index in [-0.39, 0.29) is 17.9 Å². The molecule has 0 saturated heterocycles. The summed E-state index contributed by atoms with van der Waals surface area (Å²) in [6.07, 6.45) is 0. The van der Waals surface area contributed by atoms with E-state index in [0.717, 1.165) is 0 Å². The number of aromatic nitrogens is 1. The van der Waals surface area contributed by atoms with E-state index in [1.165, 1.54) is 4.57 Å². The van der Waals surface area contributed by atoms with Gasteiger partial charge in [-0.15, -0.1) is 0 Å². The monoisotopic (exact) mass is 404 g/mol. The number of hydrogen-bond donors (Lipinski definition) is 2. The van der Waals surface area contributed by atoms with Crippen molar-refractivity contribution in [2.45, 2.75) is 6.54 Å². The molecule has 144 valence electrons. The number of carbonyl (C=O) groups excluding carboxylic acids is 1. The fraction of sp³-hybridized carbons (Fsp3) is 0.0435. The van der Waals surface area contributed by atoms with E-state index >= 15 is 0 Å². The third kappa shape index (κ3) is 3.48. The highest BCUT2D eigenvalue weighted by molar-refractivity contribution is 6.31. The third-order valence-electron chi connectivity index (χ3n) is 4.69. The molecule has 29 heavy (non-hydrogen) atoms. The van der Waals surface area contributed by atoms with Crippen LogP contribution in [0.5, 0.6) is 5.75 Å². The number of carbonyl (C=O) groups is 1. The van der Waals surface area contributed by atoms with Crippen molar-refractivity contribution in [3.05, 3.63) is 105 Å². The van der Waals surface area contributed by atoms with Crippen molar-refractivity contribution in [3.63, 3.8) is 0 Å². The molecule has 0 atom stereocenters. The summed E-state index contributed by atoms with van der Waals surface area (Å²) in [6, 6.07) is 23.0. The van der Waals surface area contributed by atoms with Crippen LogP contribution in [0.25, 0.3) is 16.6 Å². The van der Waals surface area contributed by atoms with Gasteiger partial charge in [0.2, 0.25) is 0 Å². The summed E-state index contributed by atoms with van der Waals surface area (Å²) in [7, 11) is 0. The highest BCUT2D eigenvalue weighted by Gasteiger charge is 2.22. The highest BCUT2D eigenvalue weighted by atomic mass is 35.5. The molecule has 1 aromatic heterocycles. The number of nitrogens with one attached hydrogen (secondary N) is 1. The molecule has 1 amide bonds. The van der Waals surface area contributed by atoms with Crippen LogP contribution < -0.4 is 10.9 Å². The topological polar surface area (TPSA) is 71.3 Å². The van der Waals surface area contributed by atoms with E-state index < -0.39 is 11.5 Å². The Labute approximate surface area is 171 Å². The van der Waals surface area contributed by atoms with Crippen molar-refractivity contribution < 1.29 is 9.90 Å². The average molecular weight is 405 g/mol. The Morgan fingerprint density at radius 1 is 0.931 bits per heavy atom. The van der Waals surface area contributed by atoms with Crippen LogP contribution in [0, 0.1) is 0 Å². The molecule has 6 heteroatoms. The van der Waals surface area contributed by atoms with Crippen molar-refractivity contribution in [2.24, 2.45) is 0 Å². The van der Waals surface area contributed by atoms with Crippen LogP contribution in [-0.2, 0) is 6.54 Å². The summed E-state index contributed by atoms with van der Waals surface area (Å²) in [6.45, 7) is 0.134. The van der Waals surface area contributed by atoms with Crippen LogP contribution in [0.2, 0.25) is 5.02 Å². The Morgan fingerprint density at radius 3 is 2.34 bits per heavy atom. The van der Waals surface area contributed by atoms with Crippen molar-refractivity contribution in [1.29, 1.82) is 0 Å². The van der Waals surface area contributed by atoms with Crippen LogP contribution in [-0.4, -0.2) is 15.6 Å². The number of benzene rings is 3. The van der Waals surface area contributed by atoms with Gasteiger partial charge in [0.25, 0.3) is 11.5 Å². The standard InChI is InChI=1S/C23H17ClN2O3/c24-18-12-6-4-8-15(18)14-25-22(28)20-21(27)17-11-5-7-13-19(17)26(23(20)29)16-9-2-1-3-10-16/h1-13,27H,14H2,(H,25,28). The van der Waals surface area contributed by atoms with Gasteiger partial charge >= 0.3 is 0 Å². The van der Waals surface area contributed by atoms with E-state index in [1.807, 2.05) is 12.1 Å². The van der Waals surface area contributed by atoms with E-state index in [9.17, 15) is 14.7 Å². The summed E-state index contributed by atoms with van der Waals surface area (Å²) in [5.74, 6) is -1.00. The lowest BCUT2D eigenvalue weighted by atomic mass is 10.1. The zero-order valence-electron chi connectivity index (χ0n) is 15.3. The number of nitrogens with zero attached hydrogens (tertiary/aromatic N) is 1. The van der Waals surface area contributed by atoms with Gasteiger partial charge in [-0.25, -0.2) is 0 Å². The Hall–Kier alpha value is -3.57. The van der Waals surface area contributed by atoms with E-state index in [4.69, 9.17) is 11.6 Å². The molecular weight excluding hydrogens is 388 g/mol. The molecule has 0 unspecified atom stereocenters. The number of aromatic hydroxyl groups is 1. The second-order valence-corrected chi connectivity index (χ2v) is 6.90. The van der Waals surface area contributed by atoms with Gasteiger partial charge in [-0.3, -0.25) is 14.2 Å². The van der Waals surface area contributed by atoms with Gasteiger partial charge in [-0.05, 0) is 35.9 Å². The van der Waals surface area contributed by atoms with Crippen molar-refractivity contribution in [2.75, 3.05) is 0 Å². The lowest BCUT2D eigenvalue weighted by molar-refractivity contribution is 0.0946. The largest absolute Gasteiger partial charge is 0.506 e. The van der Waals surface area contributed by atoms with Crippen LogP contribution in [0.3, 0.4) is 0 Å². The van der Waals surface area contributed by atoms with Crippen molar-refractivity contribution >= 4 is 28.4 Å². The van der Waals surface area contributed by atoms with Gasteiger partial charge in [0, 0.05) is 22.6 Å². The van der Waals surface area contributed by atoms with E-state index in [2.05, 4.69) is 5.32 Å². The Balaban J connectivity index is 1.83. The molecule has 0 radical (unpaired) electrons. The minimum absolute atomic E-state index is 0.134. The second-order valence-electron chi connectivity index (χ2n) is 6.49. The van der Waals surface area contributed by atoms with Crippen LogP contribution >= 0.6 is 11.6 Å². The molecule has 0 aliphatic carbocycles. The van der Waals surface area contributed by atoms with Crippen LogP contribution in [0.4, 0.5) is 0 Å². The molecule has 0 aliphatic rings. The lowest BCUT2D eigenvalue weighted by Crippen LogP contribution is -2.32. The highest BCUT2D eigenvalue weighted by Crippen LogP contribution is 2.28. The number of pyridine rings is 1. The molecule has 0 aliphatic heterocycles. The lowest BCUT2D eigenvalue weighted by Gasteiger charge is -2.15. The Morgan fingerprint density at radius 2 is 1.59 bits per heavy atom. The van der Waals surface area contributed by atoms with Crippen LogP contribution in [0.15, 0.2) is 83.7 Å². The molecule has 4 rings (SSSR count). The van der Waals surface area contributed by atoms with Crippen LogP contribution in [0.1, 0.15) is 15.9 Å². The molecule has 2 N–H and O–H groups in total. The summed E-state index contributed by atoms with van der Waals surface area (Å²) in [5.41, 5.74) is 0.938. The maximum Gasteiger partial charge on any atom is 0.272 e. The number of rotatable bonds is 4. The first-order chi connectivity index (χ1) is 14.1. The number of hydrogen-bond acceptors (Lipinski definition) is 3. The van der Waals surface area contributed by atoms with E-state index in [1.54, 1.807) is 66.7 Å². The van der Waals surface area contributed by atoms with Gasteiger partial charge < -0.3 is 10.4 Å². The first kappa shape index (κ1) is 18.8. The fourth-order valence-corrected chi connectivity index (χ4v) is 3.47. The normalized spacial score (nSPS) is 10.8. The van der Waals surface area contributed by atoms with Gasteiger partial charge in [-0.2, -0.15) is 0 Å². The van der Waals surface area contributed by atoms with Crippen molar-refractivity contribution in [3.8, 4) is 11.4 Å². The predicted octanol–water partition coefficient (Wildman–Crippen LogP) is 4.28. The zero-order chi connectivity index (χ0) is 20.4. The van der Waals surface area contributed by atoms with Gasteiger partial charge in [0.1, 0.15) is 11.3 Å². The molecule has 3 aromatic carbocycles.